The Labute approximate surface area is 104 Å². The third kappa shape index (κ3) is 4.98. The largest absolute Gasteiger partial charge is 0.497 e. The fourth-order valence-electron chi connectivity index (χ4n) is 1.55. The first-order valence-electron chi connectivity index (χ1n) is 5.99. The number of anilines is 1. The summed E-state index contributed by atoms with van der Waals surface area (Å²) in [6.07, 6.45) is 2.16. The molecule has 1 aromatic rings. The molecule has 3 nitrogen and oxygen atoms in total. The van der Waals surface area contributed by atoms with Crippen molar-refractivity contribution in [3.05, 3.63) is 18.2 Å². The summed E-state index contributed by atoms with van der Waals surface area (Å²) < 4.78 is 10.8. The van der Waals surface area contributed by atoms with E-state index in [4.69, 9.17) is 15.2 Å². The van der Waals surface area contributed by atoms with Crippen LogP contribution in [0.5, 0.6) is 11.5 Å². The van der Waals surface area contributed by atoms with Crippen LogP contribution in [-0.2, 0) is 0 Å². The number of ether oxygens (including phenoxy) is 2. The Kier molecular flexibility index (Phi) is 4.67. The quantitative estimate of drug-likeness (QED) is 0.630. The Morgan fingerprint density at radius 1 is 1.24 bits per heavy atom. The summed E-state index contributed by atoms with van der Waals surface area (Å²) in [4.78, 5) is 0. The Hall–Kier alpha value is -1.38. The van der Waals surface area contributed by atoms with Crippen molar-refractivity contribution >= 4 is 5.69 Å². The number of benzene rings is 1. The predicted molar refractivity (Wildman–Crippen MR) is 71.6 cm³/mol. The number of nitrogen functional groups attached to an aromatic ring is 1. The normalized spacial score (nSPS) is 11.3. The molecular formula is C14H23NO2. The van der Waals surface area contributed by atoms with Crippen LogP contribution >= 0.6 is 0 Å². The maximum atomic E-state index is 5.83. The highest BCUT2D eigenvalue weighted by atomic mass is 16.5. The Morgan fingerprint density at radius 2 is 1.94 bits per heavy atom. The number of hydrogen-bond donors (Lipinski definition) is 1. The van der Waals surface area contributed by atoms with Crippen molar-refractivity contribution in [3.63, 3.8) is 0 Å². The first-order valence-corrected chi connectivity index (χ1v) is 5.99. The van der Waals surface area contributed by atoms with Crippen LogP contribution in [0.4, 0.5) is 5.69 Å². The molecule has 0 aliphatic heterocycles. The van der Waals surface area contributed by atoms with Crippen molar-refractivity contribution < 1.29 is 9.47 Å². The lowest BCUT2D eigenvalue weighted by Crippen LogP contribution is -2.08. The third-order valence-electron chi connectivity index (χ3n) is 2.55. The molecule has 17 heavy (non-hydrogen) atoms. The van der Waals surface area contributed by atoms with Crippen molar-refractivity contribution in [2.24, 2.45) is 5.41 Å². The van der Waals surface area contributed by atoms with E-state index in [9.17, 15) is 0 Å². The van der Waals surface area contributed by atoms with E-state index in [1.54, 1.807) is 13.2 Å². The third-order valence-corrected chi connectivity index (χ3v) is 2.55. The first-order chi connectivity index (χ1) is 7.92. The molecule has 2 N–H and O–H groups in total. The second-order valence-electron chi connectivity index (χ2n) is 5.42. The standard InChI is InChI=1S/C14H23NO2/c1-14(2,3)8-5-9-17-13-10-11(16-4)6-7-12(13)15/h6-7,10H,5,8-9,15H2,1-4H3. The minimum atomic E-state index is 0.350. The molecule has 0 aliphatic rings. The van der Waals surface area contributed by atoms with Crippen LogP contribution in [-0.4, -0.2) is 13.7 Å². The van der Waals surface area contributed by atoms with E-state index < -0.39 is 0 Å². The summed E-state index contributed by atoms with van der Waals surface area (Å²) in [6.45, 7) is 7.38. The summed E-state index contributed by atoms with van der Waals surface area (Å²) in [7, 11) is 1.63. The maximum Gasteiger partial charge on any atom is 0.145 e. The summed E-state index contributed by atoms with van der Waals surface area (Å²) in [6, 6.07) is 5.46. The van der Waals surface area contributed by atoms with E-state index in [2.05, 4.69) is 20.8 Å². The molecule has 0 saturated heterocycles. The van der Waals surface area contributed by atoms with Gasteiger partial charge in [-0.25, -0.2) is 0 Å². The van der Waals surface area contributed by atoms with Gasteiger partial charge in [0.1, 0.15) is 11.5 Å². The van der Waals surface area contributed by atoms with Gasteiger partial charge >= 0.3 is 0 Å². The van der Waals surface area contributed by atoms with Crippen molar-refractivity contribution in [1.82, 2.24) is 0 Å². The molecule has 0 aromatic heterocycles. The molecule has 96 valence electrons. The molecule has 0 radical (unpaired) electrons. The average molecular weight is 237 g/mol. The SMILES string of the molecule is COc1ccc(N)c(OCCCC(C)(C)C)c1. The van der Waals surface area contributed by atoms with E-state index in [0.29, 0.717) is 23.5 Å². The summed E-state index contributed by atoms with van der Waals surface area (Å²) in [5.74, 6) is 1.48. The van der Waals surface area contributed by atoms with Gasteiger partial charge in [-0.2, -0.15) is 0 Å². The Balaban J connectivity index is 2.46. The minimum absolute atomic E-state index is 0.350. The highest BCUT2D eigenvalue weighted by Gasteiger charge is 2.09. The van der Waals surface area contributed by atoms with E-state index in [1.807, 2.05) is 12.1 Å². The van der Waals surface area contributed by atoms with E-state index >= 15 is 0 Å². The monoisotopic (exact) mass is 237 g/mol. The molecule has 0 spiro atoms. The second-order valence-corrected chi connectivity index (χ2v) is 5.42. The van der Waals surface area contributed by atoms with Crippen molar-refractivity contribution in [2.45, 2.75) is 33.6 Å². The van der Waals surface area contributed by atoms with Gasteiger partial charge in [-0.15, -0.1) is 0 Å². The molecule has 0 aliphatic carbocycles. The van der Waals surface area contributed by atoms with Gasteiger partial charge in [0.05, 0.1) is 19.4 Å². The molecule has 0 atom stereocenters. The van der Waals surface area contributed by atoms with Gasteiger partial charge in [-0.1, -0.05) is 20.8 Å². The molecule has 1 aromatic carbocycles. The van der Waals surface area contributed by atoms with Crippen LogP contribution in [0.25, 0.3) is 0 Å². The summed E-state index contributed by atoms with van der Waals surface area (Å²) in [5, 5.41) is 0. The zero-order valence-electron chi connectivity index (χ0n) is 11.2. The van der Waals surface area contributed by atoms with Crippen molar-refractivity contribution in [3.8, 4) is 11.5 Å². The second kappa shape index (κ2) is 5.80. The van der Waals surface area contributed by atoms with Crippen LogP contribution in [0.2, 0.25) is 0 Å². The lowest BCUT2D eigenvalue weighted by Gasteiger charge is -2.18. The molecule has 3 heteroatoms. The molecule has 0 saturated carbocycles. The van der Waals surface area contributed by atoms with Gasteiger partial charge in [0.25, 0.3) is 0 Å². The van der Waals surface area contributed by atoms with Gasteiger partial charge in [0, 0.05) is 6.07 Å². The molecule has 0 heterocycles. The van der Waals surface area contributed by atoms with E-state index in [0.717, 1.165) is 18.6 Å². The highest BCUT2D eigenvalue weighted by Crippen LogP contribution is 2.27. The highest BCUT2D eigenvalue weighted by molar-refractivity contribution is 5.55. The molecule has 0 amide bonds. The van der Waals surface area contributed by atoms with E-state index in [-0.39, 0.29) is 0 Å². The van der Waals surface area contributed by atoms with Gasteiger partial charge < -0.3 is 15.2 Å². The van der Waals surface area contributed by atoms with E-state index in [1.165, 1.54) is 0 Å². The minimum Gasteiger partial charge on any atom is -0.497 e. The van der Waals surface area contributed by atoms with Crippen LogP contribution < -0.4 is 15.2 Å². The Bertz CT molecular complexity index is 356. The smallest absolute Gasteiger partial charge is 0.145 e. The predicted octanol–water partition coefficient (Wildman–Crippen LogP) is 3.48. The molecule has 0 fully saturated rings. The first kappa shape index (κ1) is 13.7. The number of nitrogens with two attached hydrogens (primary N) is 1. The summed E-state index contributed by atoms with van der Waals surface area (Å²) in [5.41, 5.74) is 6.84. The van der Waals surface area contributed by atoms with Crippen LogP contribution in [0.3, 0.4) is 0 Å². The molecule has 0 bridgehead atoms. The van der Waals surface area contributed by atoms with Crippen LogP contribution in [0.15, 0.2) is 18.2 Å². The van der Waals surface area contributed by atoms with Gasteiger partial charge in [-0.05, 0) is 30.4 Å². The van der Waals surface area contributed by atoms with Gasteiger partial charge in [0.2, 0.25) is 0 Å². The Morgan fingerprint density at radius 3 is 2.53 bits per heavy atom. The molecule has 1 rings (SSSR count). The topological polar surface area (TPSA) is 44.5 Å². The van der Waals surface area contributed by atoms with Gasteiger partial charge in [0.15, 0.2) is 0 Å². The van der Waals surface area contributed by atoms with Crippen molar-refractivity contribution in [1.29, 1.82) is 0 Å². The zero-order chi connectivity index (χ0) is 12.9. The summed E-state index contributed by atoms with van der Waals surface area (Å²) >= 11 is 0. The number of rotatable bonds is 5. The van der Waals surface area contributed by atoms with Gasteiger partial charge in [-0.3, -0.25) is 0 Å². The lowest BCUT2D eigenvalue weighted by atomic mass is 9.91. The average Bonchev–Trinajstić information content (AvgIpc) is 2.25. The fraction of sp³-hybridized carbons (Fsp3) is 0.571. The number of hydrogen-bond acceptors (Lipinski definition) is 3. The zero-order valence-corrected chi connectivity index (χ0v) is 11.2. The lowest BCUT2D eigenvalue weighted by molar-refractivity contribution is 0.269. The number of methoxy groups -OCH3 is 1. The fourth-order valence-corrected chi connectivity index (χ4v) is 1.55. The maximum absolute atomic E-state index is 5.83. The van der Waals surface area contributed by atoms with Crippen LogP contribution in [0, 0.1) is 5.41 Å². The molecular weight excluding hydrogens is 214 g/mol. The molecule has 0 unspecified atom stereocenters. The van der Waals surface area contributed by atoms with Crippen molar-refractivity contribution in [2.75, 3.05) is 19.5 Å². The van der Waals surface area contributed by atoms with Crippen LogP contribution in [0.1, 0.15) is 33.6 Å².